The molecule has 0 radical (unpaired) electrons. The summed E-state index contributed by atoms with van der Waals surface area (Å²) < 4.78 is 13.2. The normalized spacial score (nSPS) is 19.8. The maximum atomic E-state index is 12.9. The van der Waals surface area contributed by atoms with Crippen LogP contribution < -0.4 is 20.1 Å². The largest absolute Gasteiger partial charge is 0.497 e. The molecule has 2 aliphatic rings. The van der Waals surface area contributed by atoms with E-state index in [0.29, 0.717) is 82.1 Å². The van der Waals surface area contributed by atoms with Crippen LogP contribution in [0.15, 0.2) is 61.1 Å². The number of anilines is 3. The highest BCUT2D eigenvalue weighted by molar-refractivity contribution is 7.15. The number of nitrogens with one attached hydrogen (secondary N) is 2. The minimum atomic E-state index is -1.22. The van der Waals surface area contributed by atoms with E-state index in [4.69, 9.17) is 9.47 Å². The zero-order chi connectivity index (χ0) is 34.3. The molecule has 0 atom stereocenters. The number of rotatable bonds is 9. The first-order valence-electron chi connectivity index (χ1n) is 15.7. The lowest BCUT2D eigenvalue weighted by molar-refractivity contribution is -0.145. The van der Waals surface area contributed by atoms with Crippen molar-refractivity contribution in [2.45, 2.75) is 57.3 Å². The van der Waals surface area contributed by atoms with Crippen molar-refractivity contribution < 1.29 is 29.3 Å². The average molecular weight is 683 g/mol. The van der Waals surface area contributed by atoms with Crippen LogP contribution in [0.2, 0.25) is 0 Å². The molecule has 1 fully saturated rings. The van der Waals surface area contributed by atoms with E-state index >= 15 is 0 Å². The number of hydrogen-bond donors (Lipinski definition) is 4. The van der Waals surface area contributed by atoms with Crippen molar-refractivity contribution in [3.05, 3.63) is 71.6 Å². The Balaban J connectivity index is 1.16. The van der Waals surface area contributed by atoms with Gasteiger partial charge >= 0.3 is 5.97 Å². The van der Waals surface area contributed by atoms with Crippen LogP contribution in [0.4, 0.5) is 17.3 Å². The van der Waals surface area contributed by atoms with Crippen molar-refractivity contribution in [3.8, 4) is 33.3 Å². The molecule has 0 bridgehead atoms. The van der Waals surface area contributed by atoms with Gasteiger partial charge in [0.25, 0.3) is 5.91 Å². The van der Waals surface area contributed by atoms with Crippen LogP contribution in [-0.4, -0.2) is 64.7 Å². The maximum Gasteiger partial charge on any atom is 0.306 e. The van der Waals surface area contributed by atoms with Crippen molar-refractivity contribution >= 4 is 40.5 Å². The van der Waals surface area contributed by atoms with E-state index in [-0.39, 0.29) is 5.91 Å². The zero-order valence-electron chi connectivity index (χ0n) is 27.0. The van der Waals surface area contributed by atoms with Gasteiger partial charge in [-0.2, -0.15) is 0 Å². The van der Waals surface area contributed by atoms with Crippen LogP contribution in [0.5, 0.6) is 11.5 Å². The zero-order valence-corrected chi connectivity index (χ0v) is 27.8. The number of thiazole rings is 1. The van der Waals surface area contributed by atoms with Crippen molar-refractivity contribution in [1.29, 1.82) is 0 Å². The quantitative estimate of drug-likeness (QED) is 0.159. The second-order valence-electron chi connectivity index (χ2n) is 12.7. The topological polar surface area (TPSA) is 186 Å². The van der Waals surface area contributed by atoms with Gasteiger partial charge < -0.3 is 30.3 Å². The number of benzene rings is 2. The van der Waals surface area contributed by atoms with E-state index in [0.717, 1.165) is 11.3 Å². The number of amides is 1. The minimum absolute atomic E-state index is 0.297. The van der Waals surface area contributed by atoms with Gasteiger partial charge in [-0.15, -0.1) is 16.4 Å². The van der Waals surface area contributed by atoms with Gasteiger partial charge in [0.1, 0.15) is 22.1 Å². The molecular weight excluding hydrogens is 648 g/mol. The molecule has 49 heavy (non-hydrogen) atoms. The van der Waals surface area contributed by atoms with Gasteiger partial charge in [0, 0.05) is 23.6 Å². The molecule has 4 N–H and O–H groups in total. The lowest BCUT2D eigenvalue weighted by Crippen LogP contribution is -2.45. The summed E-state index contributed by atoms with van der Waals surface area (Å²) in [6.45, 7) is 3.90. The Morgan fingerprint density at radius 1 is 1.14 bits per heavy atom. The SMILES string of the molecule is COc1ccc(Cn2cc(-c3ccnc(Nc4cc5c(c(-c6cnc([C@]7(O)CC[C@@H](C(=O)O)CC7)s6)c4)OC(C)(C)C(=O)N5)n3)nn2)cc1. The van der Waals surface area contributed by atoms with Gasteiger partial charge in [0.05, 0.1) is 42.0 Å². The number of nitrogens with zero attached hydrogens (tertiary/aromatic N) is 6. The second kappa shape index (κ2) is 12.6. The summed E-state index contributed by atoms with van der Waals surface area (Å²) in [5.41, 5.74) is 1.51. The number of fused-ring (bicyclic) bond motifs is 1. The molecule has 0 saturated heterocycles. The number of aliphatic hydroxyl groups is 1. The number of ether oxygens (including phenoxy) is 2. The number of carboxylic acids is 1. The van der Waals surface area contributed by atoms with E-state index in [1.165, 1.54) is 11.3 Å². The Kier molecular flexibility index (Phi) is 8.24. The van der Waals surface area contributed by atoms with Crippen LogP contribution in [0.3, 0.4) is 0 Å². The third-order valence-corrected chi connectivity index (χ3v) is 10.0. The summed E-state index contributed by atoms with van der Waals surface area (Å²) in [5, 5.41) is 36.1. The molecule has 15 heteroatoms. The number of hydrogen-bond acceptors (Lipinski definition) is 12. The number of carbonyl (C=O) groups excluding carboxylic acids is 1. The van der Waals surface area contributed by atoms with Gasteiger partial charge in [-0.25, -0.2) is 19.6 Å². The molecule has 1 amide bonds. The molecule has 3 aromatic heterocycles. The second-order valence-corrected chi connectivity index (χ2v) is 13.7. The first kappa shape index (κ1) is 32.2. The first-order chi connectivity index (χ1) is 23.5. The van der Waals surface area contributed by atoms with Crippen LogP contribution in [-0.2, 0) is 21.7 Å². The summed E-state index contributed by atoms with van der Waals surface area (Å²) in [6, 6.07) is 13.1. The number of carboxylic acid groups (broad SMARTS) is 1. The van der Waals surface area contributed by atoms with Crippen molar-refractivity contribution in [2.75, 3.05) is 17.7 Å². The number of aromatic nitrogens is 6. The van der Waals surface area contributed by atoms with Crippen LogP contribution >= 0.6 is 11.3 Å². The van der Waals surface area contributed by atoms with E-state index in [1.807, 2.05) is 36.5 Å². The summed E-state index contributed by atoms with van der Waals surface area (Å²) >= 11 is 1.31. The van der Waals surface area contributed by atoms with E-state index in [9.17, 15) is 19.8 Å². The Hall–Kier alpha value is -5.41. The predicted octanol–water partition coefficient (Wildman–Crippen LogP) is 5.23. The lowest BCUT2D eigenvalue weighted by Gasteiger charge is -2.33. The number of methoxy groups -OCH3 is 1. The lowest BCUT2D eigenvalue weighted by atomic mass is 9.79. The highest BCUT2D eigenvalue weighted by Crippen LogP contribution is 2.48. The fourth-order valence-electron chi connectivity index (χ4n) is 5.93. The first-order valence-corrected chi connectivity index (χ1v) is 16.6. The Morgan fingerprint density at radius 3 is 2.65 bits per heavy atom. The number of carbonyl (C=O) groups is 2. The highest BCUT2D eigenvalue weighted by Gasteiger charge is 2.41. The predicted molar refractivity (Wildman–Crippen MR) is 181 cm³/mol. The van der Waals surface area contributed by atoms with Gasteiger partial charge in [-0.3, -0.25) is 9.59 Å². The van der Waals surface area contributed by atoms with Gasteiger partial charge in [0.15, 0.2) is 11.4 Å². The molecule has 1 saturated carbocycles. The van der Waals surface area contributed by atoms with Crippen molar-refractivity contribution in [1.82, 2.24) is 29.9 Å². The van der Waals surface area contributed by atoms with Gasteiger partial charge in [-0.05, 0) is 75.4 Å². The fraction of sp³-hybridized carbons (Fsp3) is 0.324. The summed E-state index contributed by atoms with van der Waals surface area (Å²) in [4.78, 5) is 38.7. The maximum absolute atomic E-state index is 12.9. The Morgan fingerprint density at radius 2 is 1.92 bits per heavy atom. The molecule has 1 aliphatic carbocycles. The van der Waals surface area contributed by atoms with Crippen LogP contribution in [0, 0.1) is 5.92 Å². The van der Waals surface area contributed by atoms with Crippen molar-refractivity contribution in [2.24, 2.45) is 5.92 Å². The van der Waals surface area contributed by atoms with E-state index < -0.39 is 23.1 Å². The third kappa shape index (κ3) is 6.54. The fourth-order valence-corrected chi connectivity index (χ4v) is 7.01. The molecular formula is C34H34N8O6S. The molecule has 252 valence electrons. The van der Waals surface area contributed by atoms with Gasteiger partial charge in [0.2, 0.25) is 5.95 Å². The average Bonchev–Trinajstić information content (AvgIpc) is 3.77. The molecule has 5 aromatic rings. The third-order valence-electron chi connectivity index (χ3n) is 8.79. The van der Waals surface area contributed by atoms with Crippen molar-refractivity contribution in [3.63, 3.8) is 0 Å². The monoisotopic (exact) mass is 682 g/mol. The molecule has 7 rings (SSSR count). The van der Waals surface area contributed by atoms with Gasteiger partial charge in [-0.1, -0.05) is 17.3 Å². The highest BCUT2D eigenvalue weighted by atomic mass is 32.1. The molecule has 0 unspecified atom stereocenters. The Labute approximate surface area is 285 Å². The summed E-state index contributed by atoms with van der Waals surface area (Å²) in [5.74, 6) is -0.0681. The van der Waals surface area contributed by atoms with E-state index in [2.05, 4.69) is 35.9 Å². The number of aliphatic carboxylic acids is 1. The molecule has 2 aromatic carbocycles. The van der Waals surface area contributed by atoms with E-state index in [1.54, 1.807) is 50.2 Å². The Bertz CT molecular complexity index is 2030. The summed E-state index contributed by atoms with van der Waals surface area (Å²) in [6.07, 6.45) is 6.45. The molecule has 4 heterocycles. The summed E-state index contributed by atoms with van der Waals surface area (Å²) in [7, 11) is 1.63. The molecule has 14 nitrogen and oxygen atoms in total. The molecule has 1 aliphatic heterocycles. The van der Waals surface area contributed by atoms with Crippen LogP contribution in [0.1, 0.15) is 50.1 Å². The molecule has 0 spiro atoms. The standard InChI is InChI=1S/C34H34N8O6S/c1-33(2)30(45)38-25-15-21(14-23(28(25)48-33)27-16-36-31(49-27)34(46)11-8-20(9-12-34)29(43)44)37-32-35-13-10-24(39-32)26-18-42(41-40-26)17-19-4-6-22(47-3)7-5-19/h4-7,10,13-16,18,20,46H,8-9,11-12,17H2,1-3H3,(H,38,45)(H,43,44)(H,35,37,39)/t20-,34+. The smallest absolute Gasteiger partial charge is 0.306 e. The van der Waals surface area contributed by atoms with Crippen LogP contribution in [0.25, 0.3) is 21.8 Å². The minimum Gasteiger partial charge on any atom is -0.497 e.